The van der Waals surface area contributed by atoms with E-state index in [2.05, 4.69) is 25.6 Å². The van der Waals surface area contributed by atoms with Crippen LogP contribution < -0.4 is 9.47 Å². The summed E-state index contributed by atoms with van der Waals surface area (Å²) >= 11 is 3.53. The summed E-state index contributed by atoms with van der Waals surface area (Å²) in [6.45, 7) is 6.16. The molecule has 1 aromatic rings. The van der Waals surface area contributed by atoms with Crippen molar-refractivity contribution in [3.63, 3.8) is 0 Å². The van der Waals surface area contributed by atoms with Crippen molar-refractivity contribution < 1.29 is 9.47 Å². The first-order valence-corrected chi connectivity index (χ1v) is 6.87. The maximum absolute atomic E-state index is 5.20. The van der Waals surface area contributed by atoms with Crippen LogP contribution in [0.1, 0.15) is 32.8 Å². The Hall–Kier alpha value is -0.830. The molecule has 0 aromatic heterocycles. The van der Waals surface area contributed by atoms with E-state index in [0.29, 0.717) is 0 Å². The van der Waals surface area contributed by atoms with Crippen LogP contribution >= 0.6 is 12.6 Å². The Bertz CT molecular complexity index is 275. The molecule has 0 aliphatic heterocycles. The van der Waals surface area contributed by atoms with Crippen LogP contribution in [0.15, 0.2) is 18.2 Å². The molecule has 0 bridgehead atoms. The van der Waals surface area contributed by atoms with E-state index in [1.165, 1.54) is 5.56 Å². The molecule has 1 aromatic carbocycles. The highest BCUT2D eigenvalue weighted by atomic mass is 32.1. The second kappa shape index (κ2) is 13.2. The normalized spacial score (nSPS) is 8.18. The number of methoxy groups -OCH3 is 2. The van der Waals surface area contributed by atoms with E-state index in [1.807, 2.05) is 26.0 Å². The highest BCUT2D eigenvalue weighted by molar-refractivity contribution is 7.79. The van der Waals surface area contributed by atoms with Crippen molar-refractivity contribution in [1.29, 1.82) is 0 Å². The van der Waals surface area contributed by atoms with Gasteiger partial charge in [0, 0.05) is 0 Å². The molecule has 0 fully saturated rings. The van der Waals surface area contributed by atoms with Gasteiger partial charge in [-0.15, -0.1) is 0 Å². The zero-order valence-corrected chi connectivity index (χ0v) is 12.8. The Kier molecular flexibility index (Phi) is 14.4. The number of thiol groups is 1. The molecule has 17 heavy (non-hydrogen) atoms. The number of hydrogen-bond acceptors (Lipinski definition) is 3. The Morgan fingerprint density at radius 2 is 1.53 bits per heavy atom. The van der Waals surface area contributed by atoms with Gasteiger partial charge in [-0.3, -0.25) is 0 Å². The minimum absolute atomic E-state index is 0.794. The van der Waals surface area contributed by atoms with Crippen molar-refractivity contribution in [1.82, 2.24) is 0 Å². The average molecular weight is 258 g/mol. The van der Waals surface area contributed by atoms with E-state index >= 15 is 0 Å². The zero-order valence-electron chi connectivity index (χ0n) is 11.9. The maximum Gasteiger partial charge on any atom is 0.160 e. The van der Waals surface area contributed by atoms with Crippen LogP contribution in [-0.2, 0) is 6.42 Å². The van der Waals surface area contributed by atoms with Crippen LogP contribution in [-0.4, -0.2) is 20.5 Å². The third-order valence-corrected chi connectivity index (χ3v) is 1.99. The van der Waals surface area contributed by atoms with E-state index in [1.54, 1.807) is 20.5 Å². The molecule has 0 unspecified atom stereocenters. The Labute approximate surface area is 112 Å². The molecule has 100 valence electrons. The van der Waals surface area contributed by atoms with Gasteiger partial charge in [0.1, 0.15) is 0 Å². The minimum Gasteiger partial charge on any atom is -0.493 e. The summed E-state index contributed by atoms with van der Waals surface area (Å²) in [6, 6.07) is 6.05. The van der Waals surface area contributed by atoms with E-state index in [9.17, 15) is 0 Å². The van der Waals surface area contributed by atoms with Crippen molar-refractivity contribution >= 4 is 12.6 Å². The van der Waals surface area contributed by atoms with Gasteiger partial charge in [-0.05, 0) is 30.4 Å². The van der Waals surface area contributed by atoms with Gasteiger partial charge in [-0.25, -0.2) is 0 Å². The van der Waals surface area contributed by atoms with Crippen molar-refractivity contribution in [2.75, 3.05) is 20.5 Å². The molecule has 3 heteroatoms. The lowest BCUT2D eigenvalue weighted by molar-refractivity contribution is 0.354. The fourth-order valence-corrected chi connectivity index (χ4v) is 1.32. The van der Waals surface area contributed by atoms with Crippen LogP contribution in [0, 0.1) is 0 Å². The molecule has 0 atom stereocenters. The maximum atomic E-state index is 5.20. The molecular formula is C14H26O2S. The smallest absolute Gasteiger partial charge is 0.160 e. The highest BCUT2D eigenvalue weighted by Gasteiger charge is 2.03. The van der Waals surface area contributed by atoms with Crippen LogP contribution in [0.5, 0.6) is 11.5 Å². The van der Waals surface area contributed by atoms with Crippen LogP contribution in [0.4, 0.5) is 0 Å². The second-order valence-corrected chi connectivity index (χ2v) is 2.94. The third kappa shape index (κ3) is 7.16. The molecule has 0 saturated heterocycles. The molecule has 0 spiro atoms. The van der Waals surface area contributed by atoms with Gasteiger partial charge < -0.3 is 9.47 Å². The number of benzene rings is 1. The lowest BCUT2D eigenvalue weighted by Crippen LogP contribution is -1.92. The predicted molar refractivity (Wildman–Crippen MR) is 79.8 cm³/mol. The Morgan fingerprint density at radius 1 is 1.00 bits per heavy atom. The second-order valence-electron chi connectivity index (χ2n) is 2.94. The van der Waals surface area contributed by atoms with Gasteiger partial charge in [0.25, 0.3) is 0 Å². The van der Waals surface area contributed by atoms with E-state index in [0.717, 1.165) is 24.3 Å². The quantitative estimate of drug-likeness (QED) is 0.815. The van der Waals surface area contributed by atoms with E-state index < -0.39 is 0 Å². The monoisotopic (exact) mass is 258 g/mol. The SMILES string of the molecule is CC.CCCc1ccc(OC)c(OC)c1.CS. The summed E-state index contributed by atoms with van der Waals surface area (Å²) in [6.07, 6.45) is 3.93. The molecule has 0 aliphatic rings. The van der Waals surface area contributed by atoms with E-state index in [-0.39, 0.29) is 0 Å². The molecule has 0 aliphatic carbocycles. The summed E-state index contributed by atoms with van der Waals surface area (Å²) < 4.78 is 10.3. The molecule has 1 rings (SSSR count). The van der Waals surface area contributed by atoms with Crippen LogP contribution in [0.25, 0.3) is 0 Å². The number of aryl methyl sites for hydroxylation is 1. The number of hydrogen-bond donors (Lipinski definition) is 1. The summed E-state index contributed by atoms with van der Waals surface area (Å²) in [5, 5.41) is 0. The molecule has 0 radical (unpaired) electrons. The number of ether oxygens (including phenoxy) is 2. The zero-order chi connectivity index (χ0) is 13.7. The first-order valence-electron chi connectivity index (χ1n) is 5.97. The van der Waals surface area contributed by atoms with Gasteiger partial charge in [0.05, 0.1) is 14.2 Å². The van der Waals surface area contributed by atoms with Gasteiger partial charge in [-0.2, -0.15) is 12.6 Å². The van der Waals surface area contributed by atoms with Gasteiger partial charge >= 0.3 is 0 Å². The van der Waals surface area contributed by atoms with Gasteiger partial charge in [0.2, 0.25) is 0 Å². The van der Waals surface area contributed by atoms with E-state index in [4.69, 9.17) is 9.47 Å². The molecular weight excluding hydrogens is 232 g/mol. The van der Waals surface area contributed by atoms with Crippen LogP contribution in [0.2, 0.25) is 0 Å². The summed E-state index contributed by atoms with van der Waals surface area (Å²) in [5.74, 6) is 1.61. The molecule has 0 saturated carbocycles. The molecule has 0 amide bonds. The lowest BCUT2D eigenvalue weighted by Gasteiger charge is -2.08. The predicted octanol–water partition coefficient (Wildman–Crippen LogP) is 4.23. The van der Waals surface area contributed by atoms with Crippen molar-refractivity contribution in [2.24, 2.45) is 0 Å². The Balaban J connectivity index is 0. The summed E-state index contributed by atoms with van der Waals surface area (Å²) in [4.78, 5) is 0. The van der Waals surface area contributed by atoms with Crippen LogP contribution in [0.3, 0.4) is 0 Å². The van der Waals surface area contributed by atoms with Crippen molar-refractivity contribution in [3.05, 3.63) is 23.8 Å². The minimum atomic E-state index is 0.794. The average Bonchev–Trinajstić information content (AvgIpc) is 2.43. The summed E-state index contributed by atoms with van der Waals surface area (Å²) in [7, 11) is 3.31. The topological polar surface area (TPSA) is 18.5 Å². The molecule has 0 N–H and O–H groups in total. The van der Waals surface area contributed by atoms with Gasteiger partial charge in [0.15, 0.2) is 11.5 Å². The summed E-state index contributed by atoms with van der Waals surface area (Å²) in [5.41, 5.74) is 1.29. The first kappa shape index (κ1) is 18.5. The van der Waals surface area contributed by atoms with Gasteiger partial charge in [-0.1, -0.05) is 33.3 Å². The Morgan fingerprint density at radius 3 is 1.94 bits per heavy atom. The molecule has 0 heterocycles. The fourth-order valence-electron chi connectivity index (χ4n) is 1.32. The van der Waals surface area contributed by atoms with Crippen molar-refractivity contribution in [2.45, 2.75) is 33.6 Å². The standard InChI is InChI=1S/C11H16O2.C2H6.CH4S/c1-4-5-9-6-7-10(12-2)11(8-9)13-3;2*1-2/h6-8H,4-5H2,1-3H3;1-2H3;2H,1H3. The largest absolute Gasteiger partial charge is 0.493 e. The number of rotatable bonds is 4. The highest BCUT2D eigenvalue weighted by Crippen LogP contribution is 2.27. The molecule has 2 nitrogen and oxygen atoms in total. The third-order valence-electron chi connectivity index (χ3n) is 1.99. The lowest BCUT2D eigenvalue weighted by atomic mass is 10.1. The van der Waals surface area contributed by atoms with Crippen molar-refractivity contribution in [3.8, 4) is 11.5 Å². The fraction of sp³-hybridized carbons (Fsp3) is 0.571. The first-order chi connectivity index (χ1) is 8.31.